The van der Waals surface area contributed by atoms with Crippen LogP contribution in [0, 0.1) is 5.41 Å². The summed E-state index contributed by atoms with van der Waals surface area (Å²) in [6.07, 6.45) is 0. The summed E-state index contributed by atoms with van der Waals surface area (Å²) in [5, 5.41) is 8.47. The predicted octanol–water partition coefficient (Wildman–Crippen LogP) is 3.75. The van der Waals surface area contributed by atoms with Gasteiger partial charge < -0.3 is 14.0 Å². The molecule has 0 fully saturated rings. The summed E-state index contributed by atoms with van der Waals surface area (Å²) < 4.78 is 15.3. The Bertz CT molecular complexity index is 966. The van der Waals surface area contributed by atoms with E-state index in [4.69, 9.17) is 14.9 Å². The van der Waals surface area contributed by atoms with Gasteiger partial charge in [0, 0.05) is 4.47 Å². The molecular weight excluding hydrogens is 434 g/mol. The largest absolute Gasteiger partial charge is 0.492 e. The molecule has 1 aromatic heterocycles. The maximum atomic E-state index is 11.9. The van der Waals surface area contributed by atoms with Crippen molar-refractivity contribution in [2.45, 2.75) is 20.0 Å². The summed E-state index contributed by atoms with van der Waals surface area (Å²) >= 11 is 3.40. The molecule has 0 aliphatic rings. The van der Waals surface area contributed by atoms with E-state index in [0.717, 1.165) is 21.3 Å². The number of hydrogen-bond donors (Lipinski definition) is 1. The van der Waals surface area contributed by atoms with Crippen molar-refractivity contribution in [1.29, 1.82) is 5.41 Å². The minimum Gasteiger partial charge on any atom is -0.492 e. The molecule has 1 heterocycles. The van der Waals surface area contributed by atoms with Gasteiger partial charge in [0.2, 0.25) is 5.62 Å². The molecule has 0 bridgehead atoms. The number of nitrogens with zero attached hydrogens (tertiary/aromatic N) is 2. The van der Waals surface area contributed by atoms with Crippen molar-refractivity contribution in [3.63, 3.8) is 0 Å². The summed E-state index contributed by atoms with van der Waals surface area (Å²) in [4.78, 5) is 11.9. The van der Waals surface area contributed by atoms with Crippen LogP contribution < -0.4 is 10.4 Å². The van der Waals surface area contributed by atoms with Gasteiger partial charge in [0.05, 0.1) is 24.2 Å². The van der Waals surface area contributed by atoms with Crippen molar-refractivity contribution in [3.8, 4) is 5.75 Å². The Morgan fingerprint density at radius 3 is 2.33 bits per heavy atom. The highest BCUT2D eigenvalue weighted by Crippen LogP contribution is 2.17. The lowest BCUT2D eigenvalue weighted by Gasteiger charge is -2.08. The van der Waals surface area contributed by atoms with Gasteiger partial charge in [0.25, 0.3) is 0 Å². The van der Waals surface area contributed by atoms with Gasteiger partial charge in [-0.05, 0) is 43.3 Å². The summed E-state index contributed by atoms with van der Waals surface area (Å²) in [5.41, 5.74) is 1.97. The Morgan fingerprint density at radius 2 is 1.70 bits per heavy atom. The molecule has 2 aromatic carbocycles. The van der Waals surface area contributed by atoms with Gasteiger partial charge in [-0.1, -0.05) is 28.1 Å². The molecule has 6 nitrogen and oxygen atoms in total. The van der Waals surface area contributed by atoms with E-state index >= 15 is 0 Å². The molecule has 3 aromatic rings. The lowest BCUT2D eigenvalue weighted by Crippen LogP contribution is -2.29. The van der Waals surface area contributed by atoms with Crippen LogP contribution in [0.5, 0.6) is 5.75 Å². The molecule has 3 rings (SSSR count). The Morgan fingerprint density at radius 1 is 1.07 bits per heavy atom. The number of nitrogens with one attached hydrogen (secondary N) is 1. The van der Waals surface area contributed by atoms with E-state index in [1.54, 1.807) is 11.5 Å². The zero-order valence-corrected chi connectivity index (χ0v) is 17.3. The topological polar surface area (TPSA) is 69.2 Å². The highest BCUT2D eigenvalue weighted by molar-refractivity contribution is 9.10. The van der Waals surface area contributed by atoms with Gasteiger partial charge in [-0.15, -0.1) is 12.4 Å². The maximum Gasteiger partial charge on any atom is 0.326 e. The Kier molecular flexibility index (Phi) is 7.50. The number of para-hydroxylation sites is 2. The number of carbonyl (C=O) groups is 1. The van der Waals surface area contributed by atoms with Crippen molar-refractivity contribution in [2.24, 2.45) is 0 Å². The number of esters is 1. The standard InChI is InChI=1S/C19H20BrN3O3.ClH/c1-2-25-18(24)13-23-17-6-4-3-5-16(17)22(19(23)21)11-12-26-15-9-7-14(20)8-10-15;/h3-10,21H,2,11-13H2,1H3;1H. The van der Waals surface area contributed by atoms with Crippen LogP contribution in [0.4, 0.5) is 0 Å². The van der Waals surface area contributed by atoms with E-state index < -0.39 is 0 Å². The lowest BCUT2D eigenvalue weighted by molar-refractivity contribution is -0.143. The summed E-state index contributed by atoms with van der Waals surface area (Å²) in [7, 11) is 0. The third-order valence-electron chi connectivity index (χ3n) is 3.96. The molecular formula is C19H21BrClN3O3. The van der Waals surface area contributed by atoms with Crippen LogP contribution in [0.15, 0.2) is 53.0 Å². The first kappa shape index (κ1) is 21.1. The summed E-state index contributed by atoms with van der Waals surface area (Å²) in [5.74, 6) is 0.426. The Balaban J connectivity index is 0.00000261. The number of aromatic nitrogens is 2. The van der Waals surface area contributed by atoms with Crippen LogP contribution in [0.3, 0.4) is 0 Å². The number of rotatable bonds is 7. The molecule has 0 aliphatic heterocycles. The summed E-state index contributed by atoms with van der Waals surface area (Å²) in [6, 6.07) is 15.3. The second kappa shape index (κ2) is 9.62. The predicted molar refractivity (Wildman–Crippen MR) is 109 cm³/mol. The van der Waals surface area contributed by atoms with Crippen LogP contribution in [0.1, 0.15) is 6.92 Å². The van der Waals surface area contributed by atoms with Crippen molar-refractivity contribution in [2.75, 3.05) is 13.2 Å². The van der Waals surface area contributed by atoms with Crippen molar-refractivity contribution < 1.29 is 14.3 Å². The molecule has 0 unspecified atom stereocenters. The quantitative estimate of drug-likeness (QED) is 0.553. The molecule has 0 amide bonds. The van der Waals surface area contributed by atoms with E-state index in [0.29, 0.717) is 19.8 Å². The first-order chi connectivity index (χ1) is 12.6. The summed E-state index contributed by atoms with van der Waals surface area (Å²) in [6.45, 7) is 3.05. The zero-order valence-electron chi connectivity index (χ0n) is 14.9. The van der Waals surface area contributed by atoms with Gasteiger partial charge >= 0.3 is 5.97 Å². The van der Waals surface area contributed by atoms with Gasteiger partial charge in [0.1, 0.15) is 18.9 Å². The molecule has 0 aliphatic carbocycles. The van der Waals surface area contributed by atoms with Crippen LogP contribution in [0.2, 0.25) is 0 Å². The second-order valence-corrected chi connectivity index (χ2v) is 6.57. The SMILES string of the molecule is CCOC(=O)Cn1c(=N)n(CCOc2ccc(Br)cc2)c2ccccc21.Cl. The van der Waals surface area contributed by atoms with Crippen LogP contribution in [0.25, 0.3) is 11.0 Å². The molecule has 0 spiro atoms. The van der Waals surface area contributed by atoms with Gasteiger partial charge in [-0.25, -0.2) is 0 Å². The Hall–Kier alpha value is -2.25. The van der Waals surface area contributed by atoms with E-state index in [1.807, 2.05) is 53.1 Å². The number of imidazole rings is 1. The average Bonchev–Trinajstić information content (AvgIpc) is 2.89. The molecule has 0 atom stereocenters. The molecule has 0 radical (unpaired) electrons. The van der Waals surface area contributed by atoms with E-state index in [9.17, 15) is 4.79 Å². The number of fused-ring (bicyclic) bond motifs is 1. The molecule has 1 N–H and O–H groups in total. The first-order valence-corrected chi connectivity index (χ1v) is 9.16. The number of carbonyl (C=O) groups excluding carboxylic acids is 1. The van der Waals surface area contributed by atoms with Gasteiger partial charge in [-0.2, -0.15) is 0 Å². The number of ether oxygens (including phenoxy) is 2. The van der Waals surface area contributed by atoms with Gasteiger partial charge in [0.15, 0.2) is 0 Å². The fourth-order valence-electron chi connectivity index (χ4n) is 2.80. The highest BCUT2D eigenvalue weighted by atomic mass is 79.9. The van der Waals surface area contributed by atoms with Crippen LogP contribution in [-0.4, -0.2) is 28.3 Å². The van der Waals surface area contributed by atoms with Crippen LogP contribution >= 0.6 is 28.3 Å². The number of benzene rings is 2. The first-order valence-electron chi connectivity index (χ1n) is 8.36. The fourth-order valence-corrected chi connectivity index (χ4v) is 3.07. The lowest BCUT2D eigenvalue weighted by atomic mass is 10.3. The monoisotopic (exact) mass is 453 g/mol. The maximum absolute atomic E-state index is 11.9. The second-order valence-electron chi connectivity index (χ2n) is 5.66. The molecule has 27 heavy (non-hydrogen) atoms. The van der Waals surface area contributed by atoms with Gasteiger partial charge in [-0.3, -0.25) is 14.8 Å². The third kappa shape index (κ3) is 4.93. The van der Waals surface area contributed by atoms with E-state index in [-0.39, 0.29) is 30.5 Å². The highest BCUT2D eigenvalue weighted by Gasteiger charge is 2.13. The molecule has 144 valence electrons. The van der Waals surface area contributed by atoms with Crippen LogP contribution in [-0.2, 0) is 22.6 Å². The number of halogens is 2. The van der Waals surface area contributed by atoms with Crippen molar-refractivity contribution in [3.05, 3.63) is 58.6 Å². The van der Waals surface area contributed by atoms with E-state index in [1.165, 1.54) is 0 Å². The molecule has 0 saturated heterocycles. The zero-order chi connectivity index (χ0) is 18.5. The average molecular weight is 455 g/mol. The smallest absolute Gasteiger partial charge is 0.326 e. The fraction of sp³-hybridized carbons (Fsp3) is 0.263. The molecule has 8 heteroatoms. The normalized spacial score (nSPS) is 10.4. The number of hydrogen-bond acceptors (Lipinski definition) is 4. The van der Waals surface area contributed by atoms with E-state index in [2.05, 4.69) is 15.9 Å². The Labute approximate surface area is 171 Å². The molecule has 0 saturated carbocycles. The minimum absolute atomic E-state index is 0. The minimum atomic E-state index is -0.347. The van der Waals surface area contributed by atoms with Crippen molar-refractivity contribution in [1.82, 2.24) is 9.13 Å². The van der Waals surface area contributed by atoms with Crippen molar-refractivity contribution >= 4 is 45.3 Å². The third-order valence-corrected chi connectivity index (χ3v) is 4.49.